The van der Waals surface area contributed by atoms with Gasteiger partial charge in [-0.25, -0.2) is 4.98 Å². The lowest BCUT2D eigenvalue weighted by atomic mass is 10.2. The zero-order chi connectivity index (χ0) is 14.7. The maximum Gasteiger partial charge on any atom is 0.254 e. The molecule has 2 aromatic rings. The highest BCUT2D eigenvalue weighted by molar-refractivity contribution is 5.94. The number of ether oxygens (including phenoxy) is 1. The fourth-order valence-corrected chi connectivity index (χ4v) is 1.79. The molecule has 0 saturated carbocycles. The number of phenolic OH excluding ortho intramolecular Hbond substituents is 1. The second-order valence-electron chi connectivity index (χ2n) is 4.38. The Hall–Kier alpha value is -2.57. The van der Waals surface area contributed by atoms with Crippen molar-refractivity contribution in [2.45, 2.75) is 13.5 Å². The van der Waals surface area contributed by atoms with E-state index in [1.165, 1.54) is 18.1 Å². The van der Waals surface area contributed by atoms with Crippen molar-refractivity contribution in [3.8, 4) is 11.5 Å². The normalized spacial score (nSPS) is 10.3. The van der Waals surface area contributed by atoms with Crippen LogP contribution in [0.3, 0.4) is 0 Å². The van der Waals surface area contributed by atoms with E-state index in [-0.39, 0.29) is 18.2 Å². The van der Waals surface area contributed by atoms with Gasteiger partial charge in [0.1, 0.15) is 5.82 Å². The van der Waals surface area contributed by atoms with Gasteiger partial charge < -0.3 is 14.7 Å². The number of nitrogens with zero attached hydrogens (tertiary/aromatic N) is 3. The number of aromatic hydroxyl groups is 1. The standard InChI is InChI=1S/C13H16N4O3/c1-8-14-12(16-15-8)7-17(2)13(19)9-4-5-11(20-3)10(18)6-9/h4-6,18H,7H2,1-3H3,(H,14,15,16). The minimum atomic E-state index is -0.231. The molecule has 0 atom stereocenters. The number of methoxy groups -OCH3 is 1. The summed E-state index contributed by atoms with van der Waals surface area (Å²) in [7, 11) is 3.10. The van der Waals surface area contributed by atoms with Crippen LogP contribution in [0.5, 0.6) is 11.5 Å². The van der Waals surface area contributed by atoms with Crippen LogP contribution in [-0.2, 0) is 6.54 Å². The smallest absolute Gasteiger partial charge is 0.254 e. The number of amides is 1. The lowest BCUT2D eigenvalue weighted by molar-refractivity contribution is 0.0781. The number of aromatic amines is 1. The van der Waals surface area contributed by atoms with E-state index in [2.05, 4.69) is 15.2 Å². The lowest BCUT2D eigenvalue weighted by Gasteiger charge is -2.15. The SMILES string of the molecule is COc1ccc(C(=O)N(C)Cc2n[nH]c(C)n2)cc1O. The van der Waals surface area contributed by atoms with E-state index in [1.54, 1.807) is 26.1 Å². The lowest BCUT2D eigenvalue weighted by Crippen LogP contribution is -2.26. The van der Waals surface area contributed by atoms with Gasteiger partial charge in [0.15, 0.2) is 17.3 Å². The quantitative estimate of drug-likeness (QED) is 0.872. The van der Waals surface area contributed by atoms with Crippen molar-refractivity contribution in [1.29, 1.82) is 0 Å². The maximum atomic E-state index is 12.2. The molecule has 0 unspecified atom stereocenters. The summed E-state index contributed by atoms with van der Waals surface area (Å²) in [5.74, 6) is 1.26. The van der Waals surface area contributed by atoms with E-state index in [1.807, 2.05) is 0 Å². The highest BCUT2D eigenvalue weighted by Gasteiger charge is 2.15. The van der Waals surface area contributed by atoms with Crippen molar-refractivity contribution in [1.82, 2.24) is 20.1 Å². The third-order valence-electron chi connectivity index (χ3n) is 2.79. The van der Waals surface area contributed by atoms with E-state index in [4.69, 9.17) is 4.74 Å². The molecule has 0 radical (unpaired) electrons. The van der Waals surface area contributed by atoms with E-state index < -0.39 is 0 Å². The van der Waals surface area contributed by atoms with Gasteiger partial charge in [0.05, 0.1) is 13.7 Å². The minimum absolute atomic E-state index is 0.0690. The molecule has 0 bridgehead atoms. The Bertz CT molecular complexity index is 624. The average molecular weight is 276 g/mol. The molecule has 106 valence electrons. The summed E-state index contributed by atoms with van der Waals surface area (Å²) in [6.07, 6.45) is 0. The fraction of sp³-hybridized carbons (Fsp3) is 0.308. The number of benzene rings is 1. The van der Waals surface area contributed by atoms with E-state index in [0.717, 1.165) is 0 Å². The van der Waals surface area contributed by atoms with E-state index in [0.29, 0.717) is 23.0 Å². The highest BCUT2D eigenvalue weighted by atomic mass is 16.5. The molecule has 7 nitrogen and oxygen atoms in total. The number of nitrogens with one attached hydrogen (secondary N) is 1. The molecule has 1 amide bonds. The molecular formula is C13H16N4O3. The second kappa shape index (κ2) is 5.60. The molecule has 1 heterocycles. The zero-order valence-corrected chi connectivity index (χ0v) is 11.5. The Morgan fingerprint density at radius 1 is 1.50 bits per heavy atom. The molecule has 1 aromatic carbocycles. The van der Waals surface area contributed by atoms with Gasteiger partial charge in [-0.2, -0.15) is 5.10 Å². The third-order valence-corrected chi connectivity index (χ3v) is 2.79. The molecule has 7 heteroatoms. The number of hydrogen-bond donors (Lipinski definition) is 2. The van der Waals surface area contributed by atoms with Crippen LogP contribution in [0.1, 0.15) is 22.0 Å². The molecule has 1 aromatic heterocycles. The van der Waals surface area contributed by atoms with Crippen molar-refractivity contribution in [3.63, 3.8) is 0 Å². The molecule has 20 heavy (non-hydrogen) atoms. The summed E-state index contributed by atoms with van der Waals surface area (Å²) in [6, 6.07) is 4.52. The van der Waals surface area contributed by atoms with Gasteiger partial charge in [0.25, 0.3) is 5.91 Å². The number of aromatic nitrogens is 3. The Morgan fingerprint density at radius 3 is 2.80 bits per heavy atom. The number of H-pyrrole nitrogens is 1. The molecule has 0 aliphatic heterocycles. The topological polar surface area (TPSA) is 91.3 Å². The number of carbonyl (C=O) groups excluding carboxylic acids is 1. The summed E-state index contributed by atoms with van der Waals surface area (Å²) in [5, 5.41) is 16.4. The summed E-state index contributed by atoms with van der Waals surface area (Å²) in [4.78, 5) is 17.8. The van der Waals surface area contributed by atoms with Crippen LogP contribution in [0.15, 0.2) is 18.2 Å². The second-order valence-corrected chi connectivity index (χ2v) is 4.38. The number of phenols is 1. The Balaban J connectivity index is 2.12. The average Bonchev–Trinajstić information content (AvgIpc) is 2.83. The van der Waals surface area contributed by atoms with Gasteiger partial charge in [-0.05, 0) is 25.1 Å². The predicted octanol–water partition coefficient (Wildman–Crippen LogP) is 1.10. The third kappa shape index (κ3) is 2.87. The largest absolute Gasteiger partial charge is 0.504 e. The van der Waals surface area contributed by atoms with Gasteiger partial charge >= 0.3 is 0 Å². The molecule has 0 spiro atoms. The monoisotopic (exact) mass is 276 g/mol. The zero-order valence-electron chi connectivity index (χ0n) is 11.5. The molecule has 0 aliphatic rings. The summed E-state index contributed by atoms with van der Waals surface area (Å²) in [5.41, 5.74) is 0.373. The number of aryl methyl sites for hydroxylation is 1. The van der Waals surface area contributed by atoms with E-state index >= 15 is 0 Å². The van der Waals surface area contributed by atoms with Crippen LogP contribution in [0.2, 0.25) is 0 Å². The molecule has 0 saturated heterocycles. The van der Waals surface area contributed by atoms with Crippen LogP contribution < -0.4 is 4.74 Å². The first kappa shape index (κ1) is 13.9. The first-order valence-corrected chi connectivity index (χ1v) is 6.01. The Morgan fingerprint density at radius 2 is 2.25 bits per heavy atom. The first-order valence-electron chi connectivity index (χ1n) is 6.01. The first-order chi connectivity index (χ1) is 9.51. The molecule has 2 rings (SSSR count). The van der Waals surface area contributed by atoms with Gasteiger partial charge in [0, 0.05) is 12.6 Å². The van der Waals surface area contributed by atoms with Crippen LogP contribution in [0, 0.1) is 6.92 Å². The Kier molecular flexibility index (Phi) is 3.88. The Labute approximate surface area is 116 Å². The molecule has 2 N–H and O–H groups in total. The highest BCUT2D eigenvalue weighted by Crippen LogP contribution is 2.26. The van der Waals surface area contributed by atoms with Crippen molar-refractivity contribution < 1.29 is 14.6 Å². The number of carbonyl (C=O) groups is 1. The molecule has 0 aliphatic carbocycles. The summed E-state index contributed by atoms with van der Waals surface area (Å²) < 4.78 is 4.94. The minimum Gasteiger partial charge on any atom is -0.504 e. The van der Waals surface area contributed by atoms with Gasteiger partial charge in [-0.3, -0.25) is 9.89 Å². The predicted molar refractivity (Wildman–Crippen MR) is 71.6 cm³/mol. The van der Waals surface area contributed by atoms with Crippen LogP contribution >= 0.6 is 0 Å². The van der Waals surface area contributed by atoms with Crippen LogP contribution in [0.4, 0.5) is 0 Å². The number of hydrogen-bond acceptors (Lipinski definition) is 5. The van der Waals surface area contributed by atoms with Crippen LogP contribution in [0.25, 0.3) is 0 Å². The maximum absolute atomic E-state index is 12.2. The van der Waals surface area contributed by atoms with Crippen molar-refractivity contribution in [2.24, 2.45) is 0 Å². The van der Waals surface area contributed by atoms with E-state index in [9.17, 15) is 9.90 Å². The van der Waals surface area contributed by atoms with Gasteiger partial charge in [-0.15, -0.1) is 0 Å². The summed E-state index contributed by atoms with van der Waals surface area (Å²) >= 11 is 0. The number of rotatable bonds is 4. The fourth-order valence-electron chi connectivity index (χ4n) is 1.79. The van der Waals surface area contributed by atoms with Gasteiger partial charge in [-0.1, -0.05) is 0 Å². The van der Waals surface area contributed by atoms with Crippen molar-refractivity contribution in [3.05, 3.63) is 35.4 Å². The molecular weight excluding hydrogens is 260 g/mol. The van der Waals surface area contributed by atoms with Gasteiger partial charge in [0.2, 0.25) is 0 Å². The summed E-state index contributed by atoms with van der Waals surface area (Å²) in [6.45, 7) is 2.08. The van der Waals surface area contributed by atoms with Crippen LogP contribution in [-0.4, -0.2) is 45.3 Å². The molecule has 0 fully saturated rings. The van der Waals surface area contributed by atoms with Crippen molar-refractivity contribution >= 4 is 5.91 Å². The van der Waals surface area contributed by atoms with Crippen molar-refractivity contribution in [2.75, 3.05) is 14.2 Å².